The number of para-hydroxylation sites is 1. The van der Waals surface area contributed by atoms with Gasteiger partial charge in [0.05, 0.1) is 39.6 Å². The second-order valence-corrected chi connectivity index (χ2v) is 21.5. The van der Waals surface area contributed by atoms with Crippen molar-refractivity contribution in [2.24, 2.45) is 16.6 Å². The van der Waals surface area contributed by atoms with E-state index in [1.54, 1.807) is 29.5 Å². The number of anilines is 2. The number of amidine groups is 1. The maximum absolute atomic E-state index is 14.3. The van der Waals surface area contributed by atoms with Crippen LogP contribution in [0.2, 0.25) is 0 Å². The Balaban J connectivity index is 0.722. The van der Waals surface area contributed by atoms with Crippen LogP contribution in [0.3, 0.4) is 0 Å². The van der Waals surface area contributed by atoms with Crippen LogP contribution in [0.1, 0.15) is 113 Å². The Bertz CT molecular complexity index is 2910. The number of piperidine rings is 2. The minimum absolute atomic E-state index is 0.0107. The molecule has 6 aromatic rings. The smallest absolute Gasteiger partial charge is 0.254 e. The highest BCUT2D eigenvalue weighted by atomic mass is 32.1. The molecular formula is C55H69N13O6S. The summed E-state index contributed by atoms with van der Waals surface area (Å²) in [5.74, 6) is 0.657. The van der Waals surface area contributed by atoms with Crippen LogP contribution in [0.25, 0.3) is 21.7 Å². The third kappa shape index (κ3) is 12.6. The molecule has 0 aliphatic carbocycles. The van der Waals surface area contributed by atoms with Gasteiger partial charge in [0.25, 0.3) is 5.88 Å². The minimum atomic E-state index is -0.833. The summed E-state index contributed by atoms with van der Waals surface area (Å²) in [6, 6.07) is 17.6. The summed E-state index contributed by atoms with van der Waals surface area (Å²) < 4.78 is 11.8. The Morgan fingerprint density at radius 2 is 1.68 bits per heavy atom. The lowest BCUT2D eigenvalue weighted by molar-refractivity contribution is -0.141. The van der Waals surface area contributed by atoms with E-state index < -0.39 is 18.1 Å². The second-order valence-electron chi connectivity index (χ2n) is 20.6. The van der Waals surface area contributed by atoms with Gasteiger partial charge in [-0.15, -0.1) is 21.5 Å². The number of benzene rings is 2. The zero-order chi connectivity index (χ0) is 52.8. The number of amides is 2. The van der Waals surface area contributed by atoms with E-state index in [2.05, 4.69) is 45.8 Å². The molecule has 0 radical (unpaired) electrons. The number of aryl methyl sites for hydroxylation is 1. The average molecular weight is 1040 g/mol. The zero-order valence-electron chi connectivity index (χ0n) is 43.6. The van der Waals surface area contributed by atoms with Crippen molar-refractivity contribution < 1.29 is 29.1 Å². The molecule has 0 saturated carbocycles. The van der Waals surface area contributed by atoms with E-state index in [0.717, 1.165) is 90.8 Å². The summed E-state index contributed by atoms with van der Waals surface area (Å²) in [5, 5.41) is 41.0. The maximum Gasteiger partial charge on any atom is 0.254 e. The molecule has 20 heteroatoms. The molecule has 9 rings (SSSR count). The molecule has 3 aliphatic rings. The SMILES string of the molecule is Cc1ncsc1-c1ccc([C@H](C)NC(=O)[C@@H]2C[C@@H](O)CN2C(=O)C(c2cc(OCCN3CCC(c4cnc(N5CCC(Nc6cc(-c7ccccc7O)nnc6C(N)=NC(C)C)CC5)nc4)CC3)no2)C(C)C)cc1. The molecule has 3 aliphatic heterocycles. The Kier molecular flexibility index (Phi) is 16.7. The van der Waals surface area contributed by atoms with E-state index in [1.807, 2.05) is 102 Å². The van der Waals surface area contributed by atoms with E-state index in [1.165, 1.54) is 4.90 Å². The molecule has 6 N–H and O–H groups in total. The average Bonchev–Trinajstić information content (AvgIpc) is 4.16. The molecule has 4 aromatic heterocycles. The van der Waals surface area contributed by atoms with Crippen LogP contribution in [0, 0.1) is 12.8 Å². The lowest BCUT2D eigenvalue weighted by Crippen LogP contribution is -2.48. The van der Waals surface area contributed by atoms with Crippen LogP contribution < -0.4 is 26.0 Å². The summed E-state index contributed by atoms with van der Waals surface area (Å²) >= 11 is 1.59. The number of aliphatic hydroxyl groups excluding tert-OH is 1. The fourth-order valence-corrected chi connectivity index (χ4v) is 11.2. The lowest BCUT2D eigenvalue weighted by atomic mass is 9.91. The molecule has 2 amide bonds. The van der Waals surface area contributed by atoms with Crippen LogP contribution >= 0.6 is 11.3 Å². The van der Waals surface area contributed by atoms with Crippen LogP contribution in [-0.2, 0) is 9.59 Å². The number of thiazole rings is 1. The number of aliphatic hydroxyl groups is 1. The number of ether oxygens (including phenoxy) is 1. The van der Waals surface area contributed by atoms with E-state index in [4.69, 9.17) is 25.0 Å². The monoisotopic (exact) mass is 1040 g/mol. The third-order valence-corrected chi connectivity index (χ3v) is 15.5. The first kappa shape index (κ1) is 52.8. The number of carbonyl (C=O) groups excluding carboxylic acids is 2. The van der Waals surface area contributed by atoms with Gasteiger partial charge in [0.1, 0.15) is 30.2 Å². The Hall–Kier alpha value is -7.03. The van der Waals surface area contributed by atoms with Gasteiger partial charge in [0, 0.05) is 68.7 Å². The predicted octanol–water partition coefficient (Wildman–Crippen LogP) is 7.09. The first-order valence-electron chi connectivity index (χ1n) is 26.1. The van der Waals surface area contributed by atoms with Crippen molar-refractivity contribution in [2.75, 3.05) is 56.1 Å². The van der Waals surface area contributed by atoms with Gasteiger partial charge in [0.2, 0.25) is 17.8 Å². The molecule has 3 saturated heterocycles. The van der Waals surface area contributed by atoms with Gasteiger partial charge in [0.15, 0.2) is 11.5 Å². The Morgan fingerprint density at radius 1 is 0.947 bits per heavy atom. The van der Waals surface area contributed by atoms with E-state index in [-0.39, 0.29) is 54.6 Å². The number of likely N-dealkylation sites (tertiary alicyclic amines) is 2. The minimum Gasteiger partial charge on any atom is -0.507 e. The van der Waals surface area contributed by atoms with Crippen molar-refractivity contribution in [1.29, 1.82) is 0 Å². The van der Waals surface area contributed by atoms with E-state index in [0.29, 0.717) is 53.5 Å². The molecule has 3 fully saturated rings. The van der Waals surface area contributed by atoms with Crippen molar-refractivity contribution in [3.05, 3.63) is 107 Å². The van der Waals surface area contributed by atoms with Crippen molar-refractivity contribution in [3.8, 4) is 33.3 Å². The summed E-state index contributed by atoms with van der Waals surface area (Å²) in [5.41, 5.74) is 14.7. The van der Waals surface area contributed by atoms with Crippen molar-refractivity contribution >= 4 is 40.6 Å². The number of aromatic nitrogens is 6. The Labute approximate surface area is 442 Å². The molecule has 0 spiro atoms. The predicted molar refractivity (Wildman–Crippen MR) is 289 cm³/mol. The number of nitrogens with two attached hydrogens (primary N) is 1. The van der Waals surface area contributed by atoms with Crippen LogP contribution in [0.15, 0.2) is 88.1 Å². The van der Waals surface area contributed by atoms with E-state index >= 15 is 0 Å². The van der Waals surface area contributed by atoms with Gasteiger partial charge < -0.3 is 45.6 Å². The number of nitrogens with one attached hydrogen (secondary N) is 2. The quantitative estimate of drug-likeness (QED) is 0.0426. The molecule has 1 unspecified atom stereocenters. The molecule has 7 heterocycles. The van der Waals surface area contributed by atoms with Gasteiger partial charge >= 0.3 is 0 Å². The van der Waals surface area contributed by atoms with Crippen molar-refractivity contribution in [3.63, 3.8) is 0 Å². The van der Waals surface area contributed by atoms with Crippen molar-refractivity contribution in [1.82, 2.24) is 45.4 Å². The highest BCUT2D eigenvalue weighted by Gasteiger charge is 2.43. The summed E-state index contributed by atoms with van der Waals surface area (Å²) in [4.78, 5) is 53.7. The van der Waals surface area contributed by atoms with Gasteiger partial charge in [-0.1, -0.05) is 50.2 Å². The number of aromatic hydroxyl groups is 1. The fourth-order valence-electron chi connectivity index (χ4n) is 10.4. The van der Waals surface area contributed by atoms with Crippen molar-refractivity contribution in [2.45, 2.75) is 116 Å². The number of rotatable bonds is 18. The molecule has 0 bridgehead atoms. The van der Waals surface area contributed by atoms with Gasteiger partial charge in [-0.3, -0.25) is 19.5 Å². The molecule has 4 atom stereocenters. The normalized spacial score (nSPS) is 18.9. The number of phenolic OH excluding ortho intramolecular Hbond substituents is 1. The second kappa shape index (κ2) is 23.7. The van der Waals surface area contributed by atoms with E-state index in [9.17, 15) is 19.8 Å². The number of nitrogens with zero attached hydrogens (tertiary/aromatic N) is 10. The number of carbonyl (C=O) groups is 2. The molecule has 19 nitrogen and oxygen atoms in total. The standard InChI is InChI=1S/C55H69N13O6S/c1-32(2)49(54(72)68-30-41(69)25-45(68)53(71)61-34(5)36-11-13-38(14-12-36)51-35(6)59-31-75-51)47-27-48(65-74-47)73-24-23-66-19-15-37(16-20-66)39-28-57-55(58-29-39)67-21-17-40(18-22-67)62-44-26-43(42-9-7-8-10-46(42)70)63-64-50(44)52(56)60-33(3)4/h7-14,26-29,31-34,37,40-41,45,49,69-70H,15-25,30H2,1-6H3,(H2,56,60)(H,61,71)(H,62,63)/t34-,41+,45-,49?/m0/s1. The van der Waals surface area contributed by atoms with Gasteiger partial charge in [-0.2, -0.15) is 0 Å². The zero-order valence-corrected chi connectivity index (χ0v) is 44.4. The first-order valence-corrected chi connectivity index (χ1v) is 27.0. The highest BCUT2D eigenvalue weighted by Crippen LogP contribution is 2.35. The van der Waals surface area contributed by atoms with Gasteiger partial charge in [-0.25, -0.2) is 15.0 Å². The Morgan fingerprint density at radius 3 is 2.36 bits per heavy atom. The van der Waals surface area contributed by atoms with Crippen LogP contribution in [0.4, 0.5) is 11.6 Å². The topological polar surface area (TPSA) is 246 Å². The highest BCUT2D eigenvalue weighted by molar-refractivity contribution is 7.13. The summed E-state index contributed by atoms with van der Waals surface area (Å²) in [7, 11) is 0. The molecule has 2 aromatic carbocycles. The van der Waals surface area contributed by atoms with Crippen LogP contribution in [0.5, 0.6) is 11.6 Å². The molecule has 75 heavy (non-hydrogen) atoms. The molecule has 396 valence electrons. The number of aliphatic imine (C=N–C) groups is 1. The van der Waals surface area contributed by atoms with Crippen LogP contribution in [-0.4, -0.2) is 138 Å². The fraction of sp³-hybridized carbons (Fsp3) is 0.473. The summed E-state index contributed by atoms with van der Waals surface area (Å²) in [6.45, 7) is 16.2. The lowest BCUT2D eigenvalue weighted by Gasteiger charge is -2.34. The third-order valence-electron chi connectivity index (χ3n) is 14.5. The molecular weight excluding hydrogens is 971 g/mol. The number of phenols is 1. The summed E-state index contributed by atoms with van der Waals surface area (Å²) in [6.07, 6.45) is 6.91. The number of hydrogen-bond donors (Lipinski definition) is 5. The number of β-amino-alcohol motifs (C(OH)–C–C–N with tert-alkyl or cyclic N) is 1. The largest absolute Gasteiger partial charge is 0.507 e. The van der Waals surface area contributed by atoms with Gasteiger partial charge in [-0.05, 0) is 118 Å². The maximum atomic E-state index is 14.3. The number of hydrogen-bond acceptors (Lipinski definition) is 17. The first-order chi connectivity index (χ1) is 36.2.